The molecule has 2 aliphatic heterocycles. The van der Waals surface area contributed by atoms with Gasteiger partial charge >= 0.3 is 0 Å². The molecule has 0 aromatic carbocycles. The van der Waals surface area contributed by atoms with Gasteiger partial charge in [0, 0.05) is 36.9 Å². The highest BCUT2D eigenvalue weighted by molar-refractivity contribution is 6.29. The molecule has 5 nitrogen and oxygen atoms in total. The van der Waals surface area contributed by atoms with Gasteiger partial charge < -0.3 is 10.1 Å². The van der Waals surface area contributed by atoms with Gasteiger partial charge in [0.05, 0.1) is 24.8 Å². The van der Waals surface area contributed by atoms with Crippen molar-refractivity contribution in [2.45, 2.75) is 37.8 Å². The zero-order chi connectivity index (χ0) is 15.8. The Labute approximate surface area is 141 Å². The molecule has 4 rings (SSSR count). The van der Waals surface area contributed by atoms with Crippen LogP contribution in [0.5, 0.6) is 0 Å². The molecule has 23 heavy (non-hydrogen) atoms. The molecule has 124 valence electrons. The van der Waals surface area contributed by atoms with E-state index in [2.05, 4.69) is 15.2 Å². The molecule has 3 fully saturated rings. The molecule has 1 aliphatic carbocycles. The Hall–Kier alpha value is -1.17. The molecule has 3 aliphatic rings. The lowest BCUT2D eigenvalue weighted by atomic mass is 10.0. The van der Waals surface area contributed by atoms with E-state index < -0.39 is 0 Å². The quantitative estimate of drug-likeness (QED) is 0.662. The summed E-state index contributed by atoms with van der Waals surface area (Å²) in [5.41, 5.74) is 1.55. The summed E-state index contributed by atoms with van der Waals surface area (Å²) in [5, 5.41) is 3.98. The van der Waals surface area contributed by atoms with Gasteiger partial charge in [0.2, 0.25) is 0 Å². The van der Waals surface area contributed by atoms with Crippen molar-refractivity contribution in [2.75, 3.05) is 31.6 Å². The van der Waals surface area contributed by atoms with Crippen molar-refractivity contribution in [3.8, 4) is 0 Å². The van der Waals surface area contributed by atoms with Crippen molar-refractivity contribution in [1.29, 1.82) is 0 Å². The van der Waals surface area contributed by atoms with Gasteiger partial charge in [0.15, 0.2) is 5.78 Å². The van der Waals surface area contributed by atoms with Crippen molar-refractivity contribution >= 4 is 23.1 Å². The molecule has 0 unspecified atom stereocenters. The molecule has 1 N–H and O–H groups in total. The molecule has 0 amide bonds. The Morgan fingerprint density at radius 2 is 2.00 bits per heavy atom. The molecular weight excluding hydrogens is 314 g/mol. The third kappa shape index (κ3) is 3.37. The number of hydrogen-bond acceptors (Lipinski definition) is 5. The molecule has 0 bridgehead atoms. The zero-order valence-corrected chi connectivity index (χ0v) is 13.9. The molecule has 3 heterocycles. The highest BCUT2D eigenvalue weighted by atomic mass is 35.5. The topological polar surface area (TPSA) is 54.5 Å². The highest BCUT2D eigenvalue weighted by Crippen LogP contribution is 2.35. The summed E-state index contributed by atoms with van der Waals surface area (Å²) in [6, 6.07) is 2.79. The number of carbonyl (C=O) groups excluding carboxylic acids is 1. The minimum Gasteiger partial charge on any atom is -0.381 e. The second-order valence-corrected chi connectivity index (χ2v) is 7.22. The molecular formula is C17H22ClN3O2. The van der Waals surface area contributed by atoms with Crippen LogP contribution in [0.3, 0.4) is 0 Å². The standard InChI is InChI=1S/C17H22ClN3O2/c18-16-7-15(14(8-19-16)17(22)11-1-2-11)20-12-3-5-21(6-4-12)13-9-23-10-13/h7-8,11-13H,1-6,9-10H2,(H,19,20). The van der Waals surface area contributed by atoms with Gasteiger partial charge in [-0.05, 0) is 31.7 Å². The maximum absolute atomic E-state index is 12.4. The summed E-state index contributed by atoms with van der Waals surface area (Å²) in [4.78, 5) is 19.0. The van der Waals surface area contributed by atoms with E-state index in [-0.39, 0.29) is 11.7 Å². The van der Waals surface area contributed by atoms with Gasteiger partial charge in [-0.25, -0.2) is 4.98 Å². The normalized spacial score (nSPS) is 23.5. The van der Waals surface area contributed by atoms with E-state index in [1.165, 1.54) is 0 Å². The van der Waals surface area contributed by atoms with Crippen LogP contribution >= 0.6 is 11.6 Å². The van der Waals surface area contributed by atoms with Crippen molar-refractivity contribution < 1.29 is 9.53 Å². The Bertz CT molecular complexity index is 594. The van der Waals surface area contributed by atoms with Crippen molar-refractivity contribution in [2.24, 2.45) is 5.92 Å². The number of rotatable bonds is 5. The van der Waals surface area contributed by atoms with Crippen LogP contribution in [0.1, 0.15) is 36.0 Å². The summed E-state index contributed by atoms with van der Waals surface area (Å²) < 4.78 is 5.28. The molecule has 2 saturated heterocycles. The minimum atomic E-state index is 0.194. The molecule has 6 heteroatoms. The molecule has 1 saturated carbocycles. The largest absolute Gasteiger partial charge is 0.381 e. The van der Waals surface area contributed by atoms with E-state index in [0.717, 1.165) is 57.7 Å². The van der Waals surface area contributed by atoms with Gasteiger partial charge in [-0.15, -0.1) is 0 Å². The number of nitrogens with zero attached hydrogens (tertiary/aromatic N) is 2. The Kier molecular flexibility index (Phi) is 4.26. The van der Waals surface area contributed by atoms with E-state index >= 15 is 0 Å². The lowest BCUT2D eigenvalue weighted by molar-refractivity contribution is -0.0705. The maximum atomic E-state index is 12.4. The van der Waals surface area contributed by atoms with Crippen molar-refractivity contribution in [3.05, 3.63) is 23.0 Å². The summed E-state index contributed by atoms with van der Waals surface area (Å²) in [7, 11) is 0. The van der Waals surface area contributed by atoms with E-state index in [0.29, 0.717) is 22.8 Å². The lowest BCUT2D eigenvalue weighted by Gasteiger charge is -2.41. The van der Waals surface area contributed by atoms with Crippen LogP contribution in [-0.2, 0) is 4.74 Å². The van der Waals surface area contributed by atoms with Crippen LogP contribution in [0.4, 0.5) is 5.69 Å². The number of ketones is 1. The Morgan fingerprint density at radius 1 is 1.26 bits per heavy atom. The van der Waals surface area contributed by atoms with Crippen molar-refractivity contribution in [3.63, 3.8) is 0 Å². The number of nitrogens with one attached hydrogen (secondary N) is 1. The van der Waals surface area contributed by atoms with Crippen LogP contribution in [0.15, 0.2) is 12.3 Å². The minimum absolute atomic E-state index is 0.194. The summed E-state index contributed by atoms with van der Waals surface area (Å²) in [6.07, 6.45) is 5.79. The average Bonchev–Trinajstić information content (AvgIpc) is 3.32. The van der Waals surface area contributed by atoms with Crippen LogP contribution in [0, 0.1) is 5.92 Å². The van der Waals surface area contributed by atoms with Gasteiger partial charge in [-0.1, -0.05) is 11.6 Å². The van der Waals surface area contributed by atoms with Gasteiger partial charge in [0.25, 0.3) is 0 Å². The van der Waals surface area contributed by atoms with Gasteiger partial charge in [-0.2, -0.15) is 0 Å². The number of aromatic nitrogens is 1. The number of Topliss-reactive ketones (excluding diaryl/α,β-unsaturated/α-hetero) is 1. The molecule has 0 radical (unpaired) electrons. The fraction of sp³-hybridized carbons (Fsp3) is 0.647. The SMILES string of the molecule is O=C(c1cnc(Cl)cc1NC1CCN(C2COC2)CC1)C1CC1. The first-order valence-electron chi connectivity index (χ1n) is 8.49. The van der Waals surface area contributed by atoms with Crippen LogP contribution in [0.2, 0.25) is 5.15 Å². The molecule has 1 aromatic rings. The molecule has 0 atom stereocenters. The second-order valence-electron chi connectivity index (χ2n) is 6.84. The predicted octanol–water partition coefficient (Wildman–Crippen LogP) is 2.60. The average molecular weight is 336 g/mol. The number of halogens is 1. The smallest absolute Gasteiger partial charge is 0.169 e. The number of carbonyl (C=O) groups is 1. The van der Waals surface area contributed by atoms with E-state index in [1.807, 2.05) is 0 Å². The van der Waals surface area contributed by atoms with E-state index in [1.54, 1.807) is 12.3 Å². The van der Waals surface area contributed by atoms with Gasteiger partial charge in [0.1, 0.15) is 5.15 Å². The van der Waals surface area contributed by atoms with E-state index in [4.69, 9.17) is 16.3 Å². The number of anilines is 1. The number of pyridine rings is 1. The van der Waals surface area contributed by atoms with Crippen molar-refractivity contribution in [1.82, 2.24) is 9.88 Å². The van der Waals surface area contributed by atoms with Gasteiger partial charge in [-0.3, -0.25) is 9.69 Å². The van der Waals surface area contributed by atoms with Crippen LogP contribution < -0.4 is 5.32 Å². The first kappa shape index (κ1) is 15.4. The molecule has 0 spiro atoms. The Morgan fingerprint density at radius 3 is 2.61 bits per heavy atom. The maximum Gasteiger partial charge on any atom is 0.169 e. The summed E-state index contributed by atoms with van der Waals surface area (Å²) >= 11 is 6.04. The van der Waals surface area contributed by atoms with Crippen LogP contribution in [0.25, 0.3) is 0 Å². The highest BCUT2D eigenvalue weighted by Gasteiger charge is 2.33. The summed E-state index contributed by atoms with van der Waals surface area (Å²) in [5.74, 6) is 0.403. The Balaban J connectivity index is 1.42. The third-order valence-corrected chi connectivity index (χ3v) is 5.32. The van der Waals surface area contributed by atoms with E-state index in [9.17, 15) is 4.79 Å². The predicted molar refractivity (Wildman–Crippen MR) is 89.1 cm³/mol. The fourth-order valence-electron chi connectivity index (χ4n) is 3.37. The third-order valence-electron chi connectivity index (χ3n) is 5.11. The fourth-order valence-corrected chi connectivity index (χ4v) is 3.53. The monoisotopic (exact) mass is 335 g/mol. The summed E-state index contributed by atoms with van der Waals surface area (Å²) in [6.45, 7) is 3.91. The van der Waals surface area contributed by atoms with Crippen LogP contribution in [-0.4, -0.2) is 54.1 Å². The number of likely N-dealkylation sites (tertiary alicyclic amines) is 1. The number of hydrogen-bond donors (Lipinski definition) is 1. The number of piperidine rings is 1. The zero-order valence-electron chi connectivity index (χ0n) is 13.1. The lowest BCUT2D eigenvalue weighted by Crippen LogP contribution is -2.53. The number of ether oxygens (including phenoxy) is 1. The molecule has 1 aromatic heterocycles. The first-order valence-corrected chi connectivity index (χ1v) is 8.86. The second kappa shape index (κ2) is 6.38. The first-order chi connectivity index (χ1) is 11.2.